The predicted octanol–water partition coefficient (Wildman–Crippen LogP) is 0.137. The van der Waals surface area contributed by atoms with Gasteiger partial charge < -0.3 is 10.2 Å². The number of hydrogen-bond donors (Lipinski definition) is 1. The maximum Gasteiger partial charge on any atom is 0.324 e. The van der Waals surface area contributed by atoms with Crippen LogP contribution in [0.4, 0.5) is 4.79 Å². The summed E-state index contributed by atoms with van der Waals surface area (Å²) in [6.45, 7) is 4.37. The number of carbonyl (C=O) groups is 3. The molecule has 2 aliphatic heterocycles. The molecule has 0 spiro atoms. The number of sulfonamides is 1. The number of ketones is 1. The maximum atomic E-state index is 12.8. The molecule has 0 saturated carbocycles. The van der Waals surface area contributed by atoms with Crippen LogP contribution in [0.5, 0.6) is 0 Å². The van der Waals surface area contributed by atoms with Gasteiger partial charge in [-0.3, -0.25) is 14.5 Å². The second kappa shape index (κ2) is 8.38. The van der Waals surface area contributed by atoms with Gasteiger partial charge in [0.05, 0.1) is 11.4 Å². The van der Waals surface area contributed by atoms with Crippen molar-refractivity contribution in [1.82, 2.24) is 19.4 Å². The van der Waals surface area contributed by atoms with Crippen LogP contribution in [0.1, 0.15) is 23.7 Å². The quantitative estimate of drug-likeness (QED) is 0.508. The fraction of sp³-hybridized carbons (Fsp3) is 0.500. The van der Waals surface area contributed by atoms with Crippen LogP contribution in [0.15, 0.2) is 29.2 Å². The first-order chi connectivity index (χ1) is 13.3. The van der Waals surface area contributed by atoms with Gasteiger partial charge in [-0.1, -0.05) is 12.1 Å². The predicted molar refractivity (Wildman–Crippen MR) is 101 cm³/mol. The molecule has 0 atom stereocenters. The molecule has 0 aliphatic carbocycles. The van der Waals surface area contributed by atoms with E-state index in [1.165, 1.54) is 28.3 Å². The van der Waals surface area contributed by atoms with Crippen LogP contribution < -0.4 is 5.32 Å². The molecule has 9 nitrogen and oxygen atoms in total. The van der Waals surface area contributed by atoms with E-state index in [4.69, 9.17) is 0 Å². The summed E-state index contributed by atoms with van der Waals surface area (Å²) in [7, 11) is -3.64. The van der Waals surface area contributed by atoms with Crippen molar-refractivity contribution in [1.29, 1.82) is 0 Å². The summed E-state index contributed by atoms with van der Waals surface area (Å²) >= 11 is 0. The molecule has 3 amide bonds. The largest absolute Gasteiger partial charge is 0.329 e. The fourth-order valence-electron chi connectivity index (χ4n) is 3.35. The van der Waals surface area contributed by atoms with Crippen LogP contribution in [0.2, 0.25) is 0 Å². The first-order valence-corrected chi connectivity index (χ1v) is 10.6. The van der Waals surface area contributed by atoms with Gasteiger partial charge in [-0.15, -0.1) is 0 Å². The number of Topliss-reactive ketones (excluding diaryl/α,β-unsaturated/α-hetero) is 1. The van der Waals surface area contributed by atoms with Crippen molar-refractivity contribution in [2.24, 2.45) is 0 Å². The van der Waals surface area contributed by atoms with Gasteiger partial charge in [-0.2, -0.15) is 4.31 Å². The summed E-state index contributed by atoms with van der Waals surface area (Å²) in [6, 6.07) is 5.75. The van der Waals surface area contributed by atoms with Gasteiger partial charge in [0, 0.05) is 38.3 Å². The minimum Gasteiger partial charge on any atom is -0.329 e. The molecule has 1 N–H and O–H groups in total. The Morgan fingerprint density at radius 2 is 1.82 bits per heavy atom. The average molecular weight is 408 g/mol. The number of rotatable bonds is 7. The zero-order valence-electron chi connectivity index (χ0n) is 15.8. The highest BCUT2D eigenvalue weighted by Crippen LogP contribution is 2.19. The smallest absolute Gasteiger partial charge is 0.324 e. The number of amides is 3. The average Bonchev–Trinajstić information content (AvgIpc) is 3.00. The van der Waals surface area contributed by atoms with Crippen molar-refractivity contribution in [3.05, 3.63) is 29.8 Å². The molecule has 2 saturated heterocycles. The standard InChI is InChI=1S/C18H24N4O5S/c1-14(23)15-4-2-5-16(12-15)28(26,27)21-10-8-20(9-11-21)6-3-7-22-17(24)13-19-18(22)25/h2,4-5,12H,3,6-11,13H2,1H3,(H,19,25). The fourth-order valence-corrected chi connectivity index (χ4v) is 4.82. The Labute approximate surface area is 164 Å². The van der Waals surface area contributed by atoms with E-state index in [9.17, 15) is 22.8 Å². The van der Waals surface area contributed by atoms with Crippen molar-refractivity contribution in [2.45, 2.75) is 18.2 Å². The maximum absolute atomic E-state index is 12.8. The van der Waals surface area contributed by atoms with E-state index in [0.717, 1.165) is 0 Å². The Bertz CT molecular complexity index is 862. The summed E-state index contributed by atoms with van der Waals surface area (Å²) in [5.74, 6) is -0.388. The third kappa shape index (κ3) is 4.40. The first kappa shape index (κ1) is 20.4. The van der Waals surface area contributed by atoms with E-state index in [-0.39, 0.29) is 29.2 Å². The Morgan fingerprint density at radius 3 is 2.43 bits per heavy atom. The summed E-state index contributed by atoms with van der Waals surface area (Å²) < 4.78 is 27.1. The Kier molecular flexibility index (Phi) is 6.11. The molecule has 2 heterocycles. The van der Waals surface area contributed by atoms with Crippen molar-refractivity contribution < 1.29 is 22.8 Å². The lowest BCUT2D eigenvalue weighted by Crippen LogP contribution is -2.49. The highest BCUT2D eigenvalue weighted by molar-refractivity contribution is 7.89. The monoisotopic (exact) mass is 408 g/mol. The normalized spacial score (nSPS) is 19.1. The summed E-state index contributed by atoms with van der Waals surface area (Å²) in [6.07, 6.45) is 0.645. The zero-order valence-corrected chi connectivity index (χ0v) is 16.6. The molecule has 1 aromatic rings. The number of imide groups is 1. The highest BCUT2D eigenvalue weighted by Gasteiger charge is 2.30. The number of nitrogens with zero attached hydrogens (tertiary/aromatic N) is 3. The lowest BCUT2D eigenvalue weighted by atomic mass is 10.2. The van der Waals surface area contributed by atoms with Gasteiger partial charge in [0.2, 0.25) is 15.9 Å². The molecular weight excluding hydrogens is 384 g/mol. The third-order valence-corrected chi connectivity index (χ3v) is 6.90. The second-order valence-corrected chi connectivity index (χ2v) is 8.83. The molecule has 152 valence electrons. The molecule has 0 aromatic heterocycles. The zero-order chi connectivity index (χ0) is 20.3. The number of nitrogens with one attached hydrogen (secondary N) is 1. The molecule has 2 fully saturated rings. The van der Waals surface area contributed by atoms with Crippen molar-refractivity contribution in [2.75, 3.05) is 45.8 Å². The number of urea groups is 1. The van der Waals surface area contributed by atoms with E-state index < -0.39 is 10.0 Å². The minimum absolute atomic E-state index is 0.0557. The molecule has 28 heavy (non-hydrogen) atoms. The molecule has 0 unspecified atom stereocenters. The van der Waals surface area contributed by atoms with Crippen molar-refractivity contribution in [3.63, 3.8) is 0 Å². The topological polar surface area (TPSA) is 107 Å². The van der Waals surface area contributed by atoms with Gasteiger partial charge in [-0.25, -0.2) is 13.2 Å². The summed E-state index contributed by atoms with van der Waals surface area (Å²) in [5, 5.41) is 2.49. The van der Waals surface area contributed by atoms with Gasteiger partial charge >= 0.3 is 6.03 Å². The van der Waals surface area contributed by atoms with Crippen LogP contribution in [-0.2, 0) is 14.8 Å². The minimum atomic E-state index is -3.64. The summed E-state index contributed by atoms with van der Waals surface area (Å²) in [5.41, 5.74) is 0.375. The van der Waals surface area contributed by atoms with E-state index >= 15 is 0 Å². The van der Waals surface area contributed by atoms with Crippen LogP contribution in [0.25, 0.3) is 0 Å². The molecule has 3 rings (SSSR count). The van der Waals surface area contributed by atoms with Gasteiger partial charge in [0.15, 0.2) is 5.78 Å². The van der Waals surface area contributed by atoms with Crippen molar-refractivity contribution in [3.8, 4) is 0 Å². The molecule has 0 radical (unpaired) electrons. The van der Waals surface area contributed by atoms with Crippen molar-refractivity contribution >= 4 is 27.7 Å². The number of piperazine rings is 1. The first-order valence-electron chi connectivity index (χ1n) is 9.21. The van der Waals surface area contributed by atoms with E-state index in [2.05, 4.69) is 10.2 Å². The third-order valence-electron chi connectivity index (χ3n) is 5.00. The van der Waals surface area contributed by atoms with Crippen LogP contribution in [-0.4, -0.2) is 86.1 Å². The number of carbonyl (C=O) groups excluding carboxylic acids is 3. The molecule has 0 bridgehead atoms. The number of benzene rings is 1. The van der Waals surface area contributed by atoms with Crippen LogP contribution >= 0.6 is 0 Å². The Balaban J connectivity index is 1.52. The van der Waals surface area contributed by atoms with E-state index in [1.54, 1.807) is 12.1 Å². The van der Waals surface area contributed by atoms with Gasteiger partial charge in [-0.05, 0) is 32.0 Å². The lowest BCUT2D eigenvalue weighted by Gasteiger charge is -2.34. The molecular formula is C18H24N4O5S. The lowest BCUT2D eigenvalue weighted by molar-refractivity contribution is -0.125. The number of hydrogen-bond acceptors (Lipinski definition) is 6. The van der Waals surface area contributed by atoms with E-state index in [0.29, 0.717) is 51.3 Å². The Hall–Kier alpha value is -2.30. The molecule has 1 aromatic carbocycles. The van der Waals surface area contributed by atoms with Crippen LogP contribution in [0.3, 0.4) is 0 Å². The van der Waals surface area contributed by atoms with Crippen LogP contribution in [0, 0.1) is 0 Å². The van der Waals surface area contributed by atoms with E-state index in [1.807, 2.05) is 0 Å². The molecule has 2 aliphatic rings. The van der Waals surface area contributed by atoms with Gasteiger partial charge in [0.25, 0.3) is 0 Å². The SMILES string of the molecule is CC(=O)c1cccc(S(=O)(=O)N2CCN(CCCN3C(=O)CNC3=O)CC2)c1. The summed E-state index contributed by atoms with van der Waals surface area (Å²) in [4.78, 5) is 38.0. The second-order valence-electron chi connectivity index (χ2n) is 6.89. The highest BCUT2D eigenvalue weighted by atomic mass is 32.2. The van der Waals surface area contributed by atoms with Gasteiger partial charge in [0.1, 0.15) is 0 Å². The Morgan fingerprint density at radius 1 is 1.11 bits per heavy atom. The molecule has 10 heteroatoms.